The molecule has 0 aliphatic rings. The van der Waals surface area contributed by atoms with Gasteiger partial charge in [-0.05, 0) is 50.9 Å². The van der Waals surface area contributed by atoms with E-state index in [2.05, 4.69) is 41.6 Å². The average Bonchev–Trinajstić information content (AvgIpc) is 3.01. The maximum atomic E-state index is 12.9. The van der Waals surface area contributed by atoms with Gasteiger partial charge in [-0.3, -0.25) is 9.59 Å². The number of hydrogen-bond acceptors (Lipinski definition) is 3. The predicted molar refractivity (Wildman–Crippen MR) is 189 cm³/mol. The van der Waals surface area contributed by atoms with E-state index in [0.717, 1.165) is 50.5 Å². The molecule has 42 heavy (non-hydrogen) atoms. The Kier molecular flexibility index (Phi) is 38.0. The molecule has 1 atom stereocenters. The SMILES string of the molecule is CC.CCCCCCCCC(CCCCCC)COC(=O)CCCCN(CCCCCC)C(=O)CCCCCCCBr. The molecule has 0 heterocycles. The molecule has 0 spiro atoms. The second kappa shape index (κ2) is 36.6. The summed E-state index contributed by atoms with van der Waals surface area (Å²) in [5, 5.41) is 1.07. The van der Waals surface area contributed by atoms with Crippen LogP contribution in [0, 0.1) is 5.92 Å². The van der Waals surface area contributed by atoms with E-state index in [1.165, 1.54) is 116 Å². The van der Waals surface area contributed by atoms with Crippen LogP contribution >= 0.6 is 15.9 Å². The first-order chi connectivity index (χ1) is 20.6. The summed E-state index contributed by atoms with van der Waals surface area (Å²) in [5.41, 5.74) is 0. The Morgan fingerprint density at radius 3 is 1.57 bits per heavy atom. The highest BCUT2D eigenvalue weighted by molar-refractivity contribution is 9.09. The Morgan fingerprint density at radius 2 is 1.00 bits per heavy atom. The van der Waals surface area contributed by atoms with E-state index in [9.17, 15) is 9.59 Å². The minimum atomic E-state index is -0.0502. The molecule has 0 radical (unpaired) electrons. The number of unbranched alkanes of at least 4 members (excludes halogenated alkanes) is 16. The van der Waals surface area contributed by atoms with Crippen LogP contribution in [0.1, 0.15) is 195 Å². The van der Waals surface area contributed by atoms with Gasteiger partial charge in [-0.1, -0.05) is 153 Å². The Hall–Kier alpha value is -0.580. The summed E-state index contributed by atoms with van der Waals surface area (Å²) in [6.45, 7) is 13.0. The van der Waals surface area contributed by atoms with Crippen LogP contribution in [0.25, 0.3) is 0 Å². The third-order valence-electron chi connectivity index (χ3n) is 8.13. The zero-order valence-electron chi connectivity index (χ0n) is 29.1. The smallest absolute Gasteiger partial charge is 0.305 e. The lowest BCUT2D eigenvalue weighted by atomic mass is 9.95. The molecule has 5 heteroatoms. The molecule has 0 bridgehead atoms. The molecule has 0 aromatic rings. The van der Waals surface area contributed by atoms with Crippen LogP contribution in [-0.2, 0) is 14.3 Å². The summed E-state index contributed by atoms with van der Waals surface area (Å²) in [7, 11) is 0. The molecule has 4 nitrogen and oxygen atoms in total. The van der Waals surface area contributed by atoms with Crippen molar-refractivity contribution in [1.29, 1.82) is 0 Å². The van der Waals surface area contributed by atoms with Gasteiger partial charge >= 0.3 is 5.97 Å². The fourth-order valence-corrected chi connectivity index (χ4v) is 5.79. The number of carbonyl (C=O) groups excluding carboxylic acids is 2. The van der Waals surface area contributed by atoms with Crippen LogP contribution in [0.3, 0.4) is 0 Å². The molecule has 0 fully saturated rings. The fraction of sp³-hybridized carbons (Fsp3) is 0.946. The van der Waals surface area contributed by atoms with E-state index in [-0.39, 0.29) is 5.97 Å². The van der Waals surface area contributed by atoms with Crippen molar-refractivity contribution in [3.8, 4) is 0 Å². The second-order valence-corrected chi connectivity index (χ2v) is 12.9. The fourth-order valence-electron chi connectivity index (χ4n) is 5.39. The zero-order valence-corrected chi connectivity index (χ0v) is 30.7. The van der Waals surface area contributed by atoms with Gasteiger partial charge in [0.1, 0.15) is 0 Å². The zero-order chi connectivity index (χ0) is 31.5. The summed E-state index contributed by atoms with van der Waals surface area (Å²) in [4.78, 5) is 27.5. The Labute approximate surface area is 272 Å². The molecule has 1 amide bonds. The summed E-state index contributed by atoms with van der Waals surface area (Å²) in [6, 6.07) is 0. The highest BCUT2D eigenvalue weighted by Gasteiger charge is 2.15. The third kappa shape index (κ3) is 30.9. The van der Waals surface area contributed by atoms with Crippen molar-refractivity contribution in [3.05, 3.63) is 0 Å². The molecule has 0 aliphatic heterocycles. The molecule has 0 aliphatic carbocycles. The first-order valence-corrected chi connectivity index (χ1v) is 19.7. The van der Waals surface area contributed by atoms with Gasteiger partial charge in [0, 0.05) is 31.3 Å². The minimum Gasteiger partial charge on any atom is -0.465 e. The second-order valence-electron chi connectivity index (χ2n) is 12.1. The van der Waals surface area contributed by atoms with Crippen LogP contribution in [-0.4, -0.2) is 41.8 Å². The largest absolute Gasteiger partial charge is 0.465 e. The van der Waals surface area contributed by atoms with Gasteiger partial charge in [0.05, 0.1) is 6.61 Å². The van der Waals surface area contributed by atoms with Crippen molar-refractivity contribution >= 4 is 27.8 Å². The number of esters is 1. The van der Waals surface area contributed by atoms with Crippen molar-refractivity contribution in [2.75, 3.05) is 25.0 Å². The number of alkyl halides is 1. The highest BCUT2D eigenvalue weighted by atomic mass is 79.9. The number of amides is 1. The molecule has 252 valence electrons. The number of ether oxygens (including phenoxy) is 1. The van der Waals surface area contributed by atoms with Gasteiger partial charge in [-0.15, -0.1) is 0 Å². The molecule has 0 rings (SSSR count). The summed E-state index contributed by atoms with van der Waals surface area (Å²) >= 11 is 3.49. The van der Waals surface area contributed by atoms with Gasteiger partial charge < -0.3 is 9.64 Å². The molecule has 1 unspecified atom stereocenters. The first-order valence-electron chi connectivity index (χ1n) is 18.6. The number of nitrogens with zero attached hydrogens (tertiary/aromatic N) is 1. The van der Waals surface area contributed by atoms with E-state index >= 15 is 0 Å². The van der Waals surface area contributed by atoms with Crippen LogP contribution in [0.2, 0.25) is 0 Å². The van der Waals surface area contributed by atoms with Crippen molar-refractivity contribution < 1.29 is 14.3 Å². The molecule has 0 aromatic carbocycles. The highest BCUT2D eigenvalue weighted by Crippen LogP contribution is 2.20. The van der Waals surface area contributed by atoms with Gasteiger partial charge in [0.2, 0.25) is 5.91 Å². The molecule has 0 saturated carbocycles. The molecule has 0 N–H and O–H groups in total. The molecular formula is C37H74BrNO3. The number of rotatable bonds is 31. The minimum absolute atomic E-state index is 0.0502. The number of carbonyl (C=O) groups is 2. The lowest BCUT2D eigenvalue weighted by Crippen LogP contribution is -2.33. The molecular weight excluding hydrogens is 586 g/mol. The number of halogens is 1. The Bertz CT molecular complexity index is 557. The normalized spacial score (nSPS) is 11.6. The van der Waals surface area contributed by atoms with E-state index < -0.39 is 0 Å². The Morgan fingerprint density at radius 1 is 0.571 bits per heavy atom. The maximum absolute atomic E-state index is 12.9. The van der Waals surface area contributed by atoms with Gasteiger partial charge in [-0.25, -0.2) is 0 Å². The standard InChI is InChI=1S/C35H68BrNO3.C2H6/c1-4-7-10-13-15-19-26-33(25-18-11-8-5-2)32-40-35(39)28-21-24-31-37(30-23-12-9-6-3)34(38)27-20-16-14-17-22-29-36;1-2/h33H,4-32H2,1-3H3;1-2H3. The van der Waals surface area contributed by atoms with Crippen LogP contribution in [0.4, 0.5) is 0 Å². The predicted octanol–water partition coefficient (Wildman–Crippen LogP) is 12.2. The maximum Gasteiger partial charge on any atom is 0.305 e. The van der Waals surface area contributed by atoms with Gasteiger partial charge in [-0.2, -0.15) is 0 Å². The van der Waals surface area contributed by atoms with Crippen LogP contribution in [0.5, 0.6) is 0 Å². The van der Waals surface area contributed by atoms with E-state index in [1.54, 1.807) is 0 Å². The third-order valence-corrected chi connectivity index (χ3v) is 8.69. The average molecular weight is 661 g/mol. The lowest BCUT2D eigenvalue weighted by Gasteiger charge is -2.23. The van der Waals surface area contributed by atoms with Crippen molar-refractivity contribution in [2.45, 2.75) is 195 Å². The summed E-state index contributed by atoms with van der Waals surface area (Å²) in [5.74, 6) is 0.772. The van der Waals surface area contributed by atoms with Crippen LogP contribution < -0.4 is 0 Å². The van der Waals surface area contributed by atoms with E-state index in [0.29, 0.717) is 31.3 Å². The van der Waals surface area contributed by atoms with Crippen LogP contribution in [0.15, 0.2) is 0 Å². The monoisotopic (exact) mass is 659 g/mol. The van der Waals surface area contributed by atoms with Gasteiger partial charge in [0.15, 0.2) is 0 Å². The number of hydrogen-bond donors (Lipinski definition) is 0. The molecule has 0 saturated heterocycles. The molecule has 0 aromatic heterocycles. The topological polar surface area (TPSA) is 46.6 Å². The lowest BCUT2D eigenvalue weighted by molar-refractivity contribution is -0.145. The van der Waals surface area contributed by atoms with E-state index in [1.807, 2.05) is 13.8 Å². The summed E-state index contributed by atoms with van der Waals surface area (Å²) in [6.07, 6.45) is 28.8. The van der Waals surface area contributed by atoms with Crippen molar-refractivity contribution in [2.24, 2.45) is 5.92 Å². The quantitative estimate of drug-likeness (QED) is 0.0422. The van der Waals surface area contributed by atoms with Gasteiger partial charge in [0.25, 0.3) is 0 Å². The summed E-state index contributed by atoms with van der Waals surface area (Å²) < 4.78 is 5.77. The Balaban J connectivity index is 0. The first kappa shape index (κ1) is 43.5. The van der Waals surface area contributed by atoms with Crippen molar-refractivity contribution in [3.63, 3.8) is 0 Å². The van der Waals surface area contributed by atoms with Crippen molar-refractivity contribution in [1.82, 2.24) is 4.90 Å². The van der Waals surface area contributed by atoms with E-state index in [4.69, 9.17) is 4.74 Å².